The number of carbonyl (C=O) groups excluding carboxylic acids is 2. The van der Waals surface area contributed by atoms with E-state index < -0.39 is 0 Å². The Bertz CT molecular complexity index is 880. The van der Waals surface area contributed by atoms with Crippen LogP contribution >= 0.6 is 11.6 Å². The van der Waals surface area contributed by atoms with E-state index in [9.17, 15) is 9.59 Å². The summed E-state index contributed by atoms with van der Waals surface area (Å²) in [5.41, 5.74) is 1.17. The number of aromatic nitrogens is 3. The topological polar surface area (TPSA) is 98.6 Å². The Hall–Kier alpha value is -2.65. The Morgan fingerprint density at radius 1 is 1.30 bits per heavy atom. The van der Waals surface area contributed by atoms with E-state index in [2.05, 4.69) is 15.6 Å². The molecule has 3 rings (SSSR count). The zero-order valence-corrected chi connectivity index (χ0v) is 17.9. The summed E-state index contributed by atoms with van der Waals surface area (Å²) in [4.78, 5) is 26.3. The molecule has 0 bridgehead atoms. The van der Waals surface area contributed by atoms with Crippen molar-refractivity contribution >= 4 is 23.4 Å². The molecule has 0 radical (unpaired) electrons. The lowest BCUT2D eigenvalue weighted by atomic mass is 10.1. The van der Waals surface area contributed by atoms with Gasteiger partial charge in [-0.25, -0.2) is 4.68 Å². The third-order valence-corrected chi connectivity index (χ3v) is 5.25. The molecule has 1 saturated heterocycles. The first-order valence-electron chi connectivity index (χ1n) is 9.83. The van der Waals surface area contributed by atoms with Crippen LogP contribution < -0.4 is 10.1 Å². The molecule has 10 heteroatoms. The average Bonchev–Trinajstić information content (AvgIpc) is 3.23. The maximum Gasteiger partial charge on any atom is 0.273 e. The summed E-state index contributed by atoms with van der Waals surface area (Å²) in [5, 5.41) is 11.4. The predicted molar refractivity (Wildman–Crippen MR) is 111 cm³/mol. The summed E-state index contributed by atoms with van der Waals surface area (Å²) in [6.45, 7) is 3.93. The Morgan fingerprint density at radius 2 is 2.07 bits per heavy atom. The van der Waals surface area contributed by atoms with Gasteiger partial charge >= 0.3 is 0 Å². The van der Waals surface area contributed by atoms with E-state index in [4.69, 9.17) is 21.1 Å². The van der Waals surface area contributed by atoms with Gasteiger partial charge in [-0.1, -0.05) is 16.8 Å². The lowest BCUT2D eigenvalue weighted by Gasteiger charge is -2.31. The summed E-state index contributed by atoms with van der Waals surface area (Å²) >= 11 is 5.94. The molecule has 1 fully saturated rings. The number of aryl methyl sites for hydroxylation is 1. The van der Waals surface area contributed by atoms with E-state index in [-0.39, 0.29) is 30.2 Å². The quantitative estimate of drug-likeness (QED) is 0.635. The SMILES string of the molecule is COCCNC(=O)c1cn(C2CCN(C(=O)COc3ccc(Cl)cc3C)CC2)nn1. The molecule has 30 heavy (non-hydrogen) atoms. The van der Waals surface area contributed by atoms with Crippen LogP contribution in [0.3, 0.4) is 0 Å². The molecule has 0 atom stereocenters. The number of benzene rings is 1. The number of piperidine rings is 1. The Morgan fingerprint density at radius 3 is 2.77 bits per heavy atom. The maximum absolute atomic E-state index is 12.5. The highest BCUT2D eigenvalue weighted by Gasteiger charge is 2.25. The predicted octanol–water partition coefficient (Wildman–Crippen LogP) is 1.86. The van der Waals surface area contributed by atoms with Gasteiger partial charge in [0, 0.05) is 31.8 Å². The van der Waals surface area contributed by atoms with Gasteiger partial charge in [-0.15, -0.1) is 5.10 Å². The minimum Gasteiger partial charge on any atom is -0.483 e. The fraction of sp³-hybridized carbons (Fsp3) is 0.500. The summed E-state index contributed by atoms with van der Waals surface area (Å²) < 4.78 is 12.3. The lowest BCUT2D eigenvalue weighted by Crippen LogP contribution is -2.41. The van der Waals surface area contributed by atoms with Crippen molar-refractivity contribution in [1.29, 1.82) is 0 Å². The number of nitrogens with zero attached hydrogens (tertiary/aromatic N) is 4. The van der Waals surface area contributed by atoms with Crippen molar-refractivity contribution in [1.82, 2.24) is 25.2 Å². The number of carbonyl (C=O) groups is 2. The van der Waals surface area contributed by atoms with Crippen LogP contribution in [-0.4, -0.2) is 71.7 Å². The Labute approximate surface area is 180 Å². The van der Waals surface area contributed by atoms with Crippen molar-refractivity contribution in [3.05, 3.63) is 40.7 Å². The first kappa shape index (κ1) is 22.0. The van der Waals surface area contributed by atoms with Gasteiger partial charge in [0.15, 0.2) is 12.3 Å². The van der Waals surface area contributed by atoms with Gasteiger partial charge in [-0.05, 0) is 43.5 Å². The molecule has 2 heterocycles. The third-order valence-electron chi connectivity index (χ3n) is 5.01. The first-order valence-corrected chi connectivity index (χ1v) is 10.2. The smallest absolute Gasteiger partial charge is 0.273 e. The van der Waals surface area contributed by atoms with Gasteiger partial charge in [-0.3, -0.25) is 9.59 Å². The fourth-order valence-corrected chi connectivity index (χ4v) is 3.53. The molecule has 2 amide bonds. The standard InChI is InChI=1S/C20H26ClN5O4/c1-14-11-15(21)3-4-18(14)30-13-19(27)25-8-5-16(6-9-25)26-12-17(23-24-26)20(28)22-7-10-29-2/h3-4,11-12,16H,5-10,13H2,1-2H3,(H,22,28). The molecule has 0 unspecified atom stereocenters. The molecule has 1 aliphatic heterocycles. The zero-order valence-electron chi connectivity index (χ0n) is 17.1. The maximum atomic E-state index is 12.5. The third kappa shape index (κ3) is 5.70. The Balaban J connectivity index is 1.46. The number of hydrogen-bond donors (Lipinski definition) is 1. The number of likely N-dealkylation sites (tertiary alicyclic amines) is 1. The highest BCUT2D eigenvalue weighted by Crippen LogP contribution is 2.24. The molecule has 0 spiro atoms. The van der Waals surface area contributed by atoms with Crippen molar-refractivity contribution in [2.24, 2.45) is 0 Å². The molecule has 0 aliphatic carbocycles. The fourth-order valence-electron chi connectivity index (χ4n) is 3.30. The van der Waals surface area contributed by atoms with E-state index in [0.717, 1.165) is 18.4 Å². The van der Waals surface area contributed by atoms with E-state index in [1.165, 1.54) is 0 Å². The summed E-state index contributed by atoms with van der Waals surface area (Å²) in [5.74, 6) is 0.321. The van der Waals surface area contributed by atoms with E-state index >= 15 is 0 Å². The van der Waals surface area contributed by atoms with E-state index in [1.807, 2.05) is 6.92 Å². The van der Waals surface area contributed by atoms with Gasteiger partial charge in [0.05, 0.1) is 18.8 Å². The minimum atomic E-state index is -0.277. The number of nitrogens with one attached hydrogen (secondary N) is 1. The van der Waals surface area contributed by atoms with Crippen LogP contribution in [0, 0.1) is 6.92 Å². The molecule has 1 aromatic carbocycles. The summed E-state index contributed by atoms with van der Waals surface area (Å²) in [7, 11) is 1.57. The molecule has 1 N–H and O–H groups in total. The monoisotopic (exact) mass is 435 g/mol. The number of amides is 2. The molecule has 1 aliphatic rings. The van der Waals surface area contributed by atoms with Crippen molar-refractivity contribution in [2.45, 2.75) is 25.8 Å². The number of ether oxygens (including phenoxy) is 2. The highest BCUT2D eigenvalue weighted by molar-refractivity contribution is 6.30. The molecular weight excluding hydrogens is 410 g/mol. The van der Waals surface area contributed by atoms with Crippen LogP contribution in [0.1, 0.15) is 34.9 Å². The number of methoxy groups -OCH3 is 1. The van der Waals surface area contributed by atoms with E-state index in [0.29, 0.717) is 37.0 Å². The molecular formula is C20H26ClN5O4. The largest absolute Gasteiger partial charge is 0.483 e. The highest BCUT2D eigenvalue weighted by atomic mass is 35.5. The average molecular weight is 436 g/mol. The number of halogens is 1. The minimum absolute atomic E-state index is 0.0116. The first-order chi connectivity index (χ1) is 14.5. The second-order valence-corrected chi connectivity index (χ2v) is 7.58. The van der Waals surface area contributed by atoms with Crippen LogP contribution in [-0.2, 0) is 9.53 Å². The van der Waals surface area contributed by atoms with Crippen LogP contribution in [0.25, 0.3) is 0 Å². The van der Waals surface area contributed by atoms with Gasteiger partial charge in [0.2, 0.25) is 0 Å². The second-order valence-electron chi connectivity index (χ2n) is 7.14. The van der Waals surface area contributed by atoms with Gasteiger partial charge < -0.3 is 19.7 Å². The van der Waals surface area contributed by atoms with Crippen molar-refractivity contribution in [3.8, 4) is 5.75 Å². The molecule has 1 aromatic heterocycles. The summed E-state index contributed by atoms with van der Waals surface area (Å²) in [6, 6.07) is 5.41. The molecule has 9 nitrogen and oxygen atoms in total. The molecule has 2 aromatic rings. The van der Waals surface area contributed by atoms with E-state index in [1.54, 1.807) is 41.1 Å². The normalized spacial score (nSPS) is 14.6. The van der Waals surface area contributed by atoms with Crippen LogP contribution in [0.4, 0.5) is 0 Å². The zero-order chi connectivity index (χ0) is 21.5. The van der Waals surface area contributed by atoms with Crippen LogP contribution in [0.5, 0.6) is 5.75 Å². The number of rotatable bonds is 8. The van der Waals surface area contributed by atoms with Gasteiger partial charge in [0.25, 0.3) is 11.8 Å². The van der Waals surface area contributed by atoms with Crippen molar-refractivity contribution in [3.63, 3.8) is 0 Å². The lowest BCUT2D eigenvalue weighted by molar-refractivity contribution is -0.134. The van der Waals surface area contributed by atoms with Crippen molar-refractivity contribution in [2.75, 3.05) is 40.0 Å². The second kappa shape index (κ2) is 10.4. The van der Waals surface area contributed by atoms with Crippen molar-refractivity contribution < 1.29 is 19.1 Å². The summed E-state index contributed by atoms with van der Waals surface area (Å²) in [6.07, 6.45) is 3.12. The Kier molecular flexibility index (Phi) is 7.64. The van der Waals surface area contributed by atoms with Gasteiger partial charge in [-0.2, -0.15) is 0 Å². The molecule has 162 valence electrons. The van der Waals surface area contributed by atoms with Crippen LogP contribution in [0.2, 0.25) is 5.02 Å². The number of hydrogen-bond acceptors (Lipinski definition) is 6. The van der Waals surface area contributed by atoms with Crippen LogP contribution in [0.15, 0.2) is 24.4 Å². The molecule has 0 saturated carbocycles. The van der Waals surface area contributed by atoms with Gasteiger partial charge in [0.1, 0.15) is 5.75 Å².